The molecule has 2 aliphatic heterocycles. The van der Waals surface area contributed by atoms with Gasteiger partial charge in [0.05, 0.1) is 35.9 Å². The fourth-order valence-corrected chi connectivity index (χ4v) is 7.57. The van der Waals surface area contributed by atoms with Gasteiger partial charge in [-0.3, -0.25) is 9.59 Å². The Hall–Kier alpha value is -6.19. The lowest BCUT2D eigenvalue weighted by Gasteiger charge is -2.30. The molecule has 3 aromatic heterocycles. The molecule has 0 aliphatic carbocycles. The van der Waals surface area contributed by atoms with Gasteiger partial charge in [0.25, 0.3) is 5.95 Å². The van der Waals surface area contributed by atoms with Crippen molar-refractivity contribution < 1.29 is 24.0 Å². The van der Waals surface area contributed by atoms with Crippen LogP contribution in [0.15, 0.2) is 65.4 Å². The first-order valence-electron chi connectivity index (χ1n) is 18.7. The molecule has 3 amide bonds. The fraction of sp³-hybridized carbons (Fsp3) is 0.410. The highest BCUT2D eigenvalue weighted by Gasteiger charge is 2.38. The maximum absolute atomic E-state index is 13.8. The molecule has 5 heterocycles. The molecule has 4 atom stereocenters. The fourth-order valence-electron chi connectivity index (χ4n) is 7.57. The van der Waals surface area contributed by atoms with Crippen LogP contribution in [0.4, 0.5) is 16.8 Å². The molecule has 0 unspecified atom stereocenters. The van der Waals surface area contributed by atoms with E-state index in [0.29, 0.717) is 18.9 Å². The molecule has 5 aromatic rings. The highest BCUT2D eigenvalue weighted by molar-refractivity contribution is 5.86. The van der Waals surface area contributed by atoms with E-state index in [-0.39, 0.29) is 47.7 Å². The van der Waals surface area contributed by atoms with Crippen LogP contribution in [0.3, 0.4) is 0 Å². The molecule has 16 heteroatoms. The van der Waals surface area contributed by atoms with Gasteiger partial charge in [0.2, 0.25) is 11.8 Å². The van der Waals surface area contributed by atoms with Gasteiger partial charge in [0.1, 0.15) is 23.7 Å². The van der Waals surface area contributed by atoms with Crippen molar-refractivity contribution in [2.75, 3.05) is 24.1 Å². The second-order valence-electron chi connectivity index (χ2n) is 14.9. The monoisotopic (exact) mass is 749 g/mol. The van der Waals surface area contributed by atoms with Crippen molar-refractivity contribution in [1.29, 1.82) is 0 Å². The minimum absolute atomic E-state index is 0.0323. The third-order valence-electron chi connectivity index (χ3n) is 10.5. The summed E-state index contributed by atoms with van der Waals surface area (Å²) >= 11 is 0. The van der Waals surface area contributed by atoms with Crippen molar-refractivity contribution in [1.82, 2.24) is 45.2 Å². The Morgan fingerprint density at radius 3 is 1.64 bits per heavy atom. The maximum Gasteiger partial charge on any atom is 0.405 e. The molecule has 7 rings (SSSR count). The number of amides is 3. The molecule has 16 nitrogen and oxygen atoms in total. The number of anilines is 2. The van der Waals surface area contributed by atoms with Gasteiger partial charge in [-0.05, 0) is 64.9 Å². The largest absolute Gasteiger partial charge is 0.465 e. The predicted octanol–water partition coefficient (Wildman–Crippen LogP) is 5.85. The summed E-state index contributed by atoms with van der Waals surface area (Å²) in [5, 5.41) is 18.5. The van der Waals surface area contributed by atoms with Crippen LogP contribution in [-0.4, -0.2) is 88.1 Å². The molecule has 2 fully saturated rings. The van der Waals surface area contributed by atoms with Gasteiger partial charge in [-0.2, -0.15) is 4.98 Å². The van der Waals surface area contributed by atoms with Crippen molar-refractivity contribution in [3.8, 4) is 33.6 Å². The van der Waals surface area contributed by atoms with Gasteiger partial charge < -0.3 is 45.8 Å². The lowest BCUT2D eigenvalue weighted by atomic mass is 10.0. The van der Waals surface area contributed by atoms with Crippen molar-refractivity contribution in [3.63, 3.8) is 0 Å². The molecule has 0 spiro atoms. The Kier molecular flexibility index (Phi) is 10.6. The smallest absolute Gasteiger partial charge is 0.405 e. The lowest BCUT2D eigenvalue weighted by molar-refractivity contribution is -0.135. The molecule has 2 aromatic carbocycles. The third kappa shape index (κ3) is 7.88. The minimum Gasteiger partial charge on any atom is -0.465 e. The van der Waals surface area contributed by atoms with E-state index in [1.165, 1.54) is 0 Å². The average molecular weight is 750 g/mol. The number of benzene rings is 2. The number of nitrogen functional groups attached to an aromatic ring is 1. The summed E-state index contributed by atoms with van der Waals surface area (Å²) in [5.74, 6) is 1.12. The van der Waals surface area contributed by atoms with Crippen LogP contribution >= 0.6 is 0 Å². The number of nitrogens with one attached hydrogen (secondary N) is 4. The number of aromatic nitrogens is 6. The van der Waals surface area contributed by atoms with Gasteiger partial charge in [-0.25, -0.2) is 14.8 Å². The number of hydrogen-bond acceptors (Lipinski definition) is 10. The van der Waals surface area contributed by atoms with E-state index >= 15 is 0 Å². The number of rotatable bonds is 12. The van der Waals surface area contributed by atoms with Gasteiger partial charge in [0, 0.05) is 13.1 Å². The van der Waals surface area contributed by atoms with E-state index in [9.17, 15) is 19.5 Å². The molecule has 2 saturated heterocycles. The highest BCUT2D eigenvalue weighted by Crippen LogP contribution is 2.35. The maximum atomic E-state index is 13.8. The molecule has 0 bridgehead atoms. The Morgan fingerprint density at radius 1 is 0.764 bits per heavy atom. The number of likely N-dealkylation sites (tertiary alicyclic amines) is 2. The van der Waals surface area contributed by atoms with Gasteiger partial charge in [-0.15, -0.1) is 0 Å². The number of carboxylic acid groups (broad SMARTS) is 1. The normalized spacial score (nSPS) is 18.2. The first-order valence-corrected chi connectivity index (χ1v) is 18.7. The molecule has 0 saturated carbocycles. The number of aromatic amines is 2. The predicted molar refractivity (Wildman–Crippen MR) is 205 cm³/mol. The molecular formula is C39H47N11O5. The summed E-state index contributed by atoms with van der Waals surface area (Å²) in [6.45, 7) is 8.77. The van der Waals surface area contributed by atoms with Gasteiger partial charge in [0.15, 0.2) is 0 Å². The first kappa shape index (κ1) is 37.1. The van der Waals surface area contributed by atoms with Crippen molar-refractivity contribution >= 4 is 29.9 Å². The van der Waals surface area contributed by atoms with Crippen LogP contribution in [0.2, 0.25) is 0 Å². The Labute approximate surface area is 318 Å². The van der Waals surface area contributed by atoms with Gasteiger partial charge in [-0.1, -0.05) is 76.2 Å². The SMILES string of the molecule is CC(C)[C@H](NC(=O)O)C(=O)N1CCC[C@H]1c1ncc(-c2ccc(-c3ccc(-c4cnc([C@@H]5CCCN5C(=O)[C@@H](Nc5noc(N)n5)C(C)C)[nH]4)cc3)cc2)[nH]1. The van der Waals surface area contributed by atoms with Crippen molar-refractivity contribution in [2.24, 2.45) is 11.8 Å². The first-order chi connectivity index (χ1) is 26.5. The van der Waals surface area contributed by atoms with E-state index < -0.39 is 18.2 Å². The number of imidazole rings is 2. The summed E-state index contributed by atoms with van der Waals surface area (Å²) in [6, 6.07) is 14.6. The van der Waals surface area contributed by atoms with E-state index in [2.05, 4.69) is 72.1 Å². The quantitative estimate of drug-likeness (QED) is 0.0887. The van der Waals surface area contributed by atoms with Crippen LogP contribution in [0.5, 0.6) is 0 Å². The average Bonchev–Trinajstić information content (AvgIpc) is 4.02. The summed E-state index contributed by atoms with van der Waals surface area (Å²) < 4.78 is 4.87. The highest BCUT2D eigenvalue weighted by atomic mass is 16.5. The van der Waals surface area contributed by atoms with Crippen LogP contribution in [-0.2, 0) is 9.59 Å². The number of H-pyrrole nitrogens is 2. The number of nitrogens with two attached hydrogens (primary N) is 1. The minimum atomic E-state index is -1.21. The Bertz CT molecular complexity index is 2120. The molecule has 0 radical (unpaired) electrons. The summed E-state index contributed by atoms with van der Waals surface area (Å²) in [4.78, 5) is 62.3. The lowest BCUT2D eigenvalue weighted by Crippen LogP contribution is -2.50. The van der Waals surface area contributed by atoms with Crippen LogP contribution < -0.4 is 16.4 Å². The van der Waals surface area contributed by atoms with Crippen LogP contribution in [0, 0.1) is 11.8 Å². The zero-order valence-corrected chi connectivity index (χ0v) is 31.3. The second kappa shape index (κ2) is 15.7. The van der Waals surface area contributed by atoms with E-state index in [1.54, 1.807) is 11.1 Å². The third-order valence-corrected chi connectivity index (χ3v) is 10.5. The number of nitrogens with zero attached hydrogens (tertiary/aromatic N) is 6. The molecule has 7 N–H and O–H groups in total. The van der Waals surface area contributed by atoms with E-state index in [4.69, 9.17) is 15.2 Å². The van der Waals surface area contributed by atoms with E-state index in [0.717, 1.165) is 65.1 Å². The number of carbonyl (C=O) groups is 3. The van der Waals surface area contributed by atoms with Crippen molar-refractivity contribution in [2.45, 2.75) is 77.5 Å². The number of hydrogen-bond donors (Lipinski definition) is 6. The summed E-state index contributed by atoms with van der Waals surface area (Å²) in [6.07, 6.45) is 5.62. The molecule has 288 valence electrons. The van der Waals surface area contributed by atoms with Crippen LogP contribution in [0.25, 0.3) is 33.6 Å². The second-order valence-corrected chi connectivity index (χ2v) is 14.9. The summed E-state index contributed by atoms with van der Waals surface area (Å²) in [5.41, 5.74) is 11.3. The Balaban J connectivity index is 1.000. The number of carbonyl (C=O) groups excluding carboxylic acids is 2. The van der Waals surface area contributed by atoms with E-state index in [1.807, 2.05) is 50.9 Å². The standard InChI is InChI=1S/C39H47N11O5/c1-21(2)31(45-38-47-37(40)55-48-38)35(51)49-17-5-7-29(49)33-41-19-27(43-33)25-13-9-23(10-14-25)24-11-15-26(16-12-24)28-20-42-34(44-28)30-8-6-18-50(30)36(52)32(22(3)4)46-39(53)54/h9-16,19-22,29-32,46H,5-8,17-18H2,1-4H3,(H,41,43)(H,42,44)(H,53,54)(H3,40,45,47,48)/t29-,30-,31-,32-/m0/s1. The Morgan fingerprint density at radius 2 is 1.22 bits per heavy atom. The topological polar surface area (TPSA) is 224 Å². The zero-order valence-electron chi connectivity index (χ0n) is 31.3. The zero-order chi connectivity index (χ0) is 38.8. The van der Waals surface area contributed by atoms with Crippen molar-refractivity contribution in [3.05, 3.63) is 72.6 Å². The molecule has 2 aliphatic rings. The molecule has 55 heavy (non-hydrogen) atoms. The molecular weight excluding hydrogens is 703 g/mol. The van der Waals surface area contributed by atoms with Gasteiger partial charge >= 0.3 is 12.1 Å². The van der Waals surface area contributed by atoms with Crippen LogP contribution in [0.1, 0.15) is 77.1 Å². The summed E-state index contributed by atoms with van der Waals surface area (Å²) in [7, 11) is 0.